The van der Waals surface area contributed by atoms with Gasteiger partial charge in [-0.1, -0.05) is 26.5 Å². The molecular weight excluding hydrogens is 935 g/mol. The molecule has 4 aliphatic heterocycles. The van der Waals surface area contributed by atoms with Gasteiger partial charge >= 0.3 is 0 Å². The van der Waals surface area contributed by atoms with Crippen LogP contribution in [0.4, 0.5) is 34.4 Å². The van der Waals surface area contributed by atoms with Gasteiger partial charge in [0.05, 0.1) is 29.3 Å². The number of piperidine rings is 1. The smallest absolute Gasteiger partial charge is 0.293 e. The molecule has 1 atom stereocenters. The number of hydrogen-bond donors (Lipinski definition) is 4. The standard InChI is InChI=1S/C57H69N11O6/c1-7-50(70)60-44-28-37(59-51-55(73)62(6)33-45(61-51)40-15-20-58-52(43(40)34-69)67-26-25-66-48(54(67)72)27-36-29-56(3,4)30-49(36)66)11-12-47(44)65-24-23-64(31-35(65)2)38-16-21-63(22-17-38)46-10-8-9-41-42(46)32-68(53(41)71)39-13-18-57(5,74)19-14-39/h7-12,15,20,27-28,33,35,38-39,69,74H,1,13-14,16-19,21-26,29-32,34H2,2-6H3,(H,59,61)(H,60,70)/t35-,39?,57?/m0/s1. The fourth-order valence-electron chi connectivity index (χ4n) is 12.9. The zero-order valence-electron chi connectivity index (χ0n) is 43.4. The van der Waals surface area contributed by atoms with Gasteiger partial charge in [-0.2, -0.15) is 0 Å². The number of aryl methyl sites for hydroxylation is 1. The minimum Gasteiger partial charge on any atom is -0.392 e. The number of nitrogens with one attached hydrogen (secondary N) is 2. The minimum atomic E-state index is -0.645. The molecule has 17 nitrogen and oxygen atoms in total. The lowest BCUT2D eigenvalue weighted by Gasteiger charge is -2.47. The summed E-state index contributed by atoms with van der Waals surface area (Å²) in [6.07, 6.45) is 11.4. The van der Waals surface area contributed by atoms with Crippen molar-refractivity contribution in [2.24, 2.45) is 12.5 Å². The number of benzene rings is 2. The fourth-order valence-corrected chi connectivity index (χ4v) is 12.9. The van der Waals surface area contributed by atoms with Crippen LogP contribution >= 0.6 is 0 Å². The number of aliphatic hydroxyl groups excluding tert-OH is 1. The number of aliphatic hydroxyl groups is 2. The van der Waals surface area contributed by atoms with Crippen LogP contribution in [-0.4, -0.2) is 120 Å². The van der Waals surface area contributed by atoms with Gasteiger partial charge in [0, 0.05) is 129 Å². The van der Waals surface area contributed by atoms with Crippen molar-refractivity contribution >= 4 is 52.1 Å². The lowest BCUT2D eigenvalue weighted by atomic mass is 9.83. The number of fused-ring (bicyclic) bond motifs is 4. The molecule has 11 rings (SSSR count). The first kappa shape index (κ1) is 49.4. The van der Waals surface area contributed by atoms with E-state index in [0.717, 1.165) is 88.1 Å². The maximum atomic E-state index is 14.1. The first-order chi connectivity index (χ1) is 35.5. The SMILES string of the molecule is C=CC(=O)Nc1cc(Nc2nc(-c3ccnc(N4CCn5c(cc6c5CC(C)(C)C6)C4=O)c3CO)cn(C)c2=O)ccc1N1CCN(C2CCN(c3cccc4c3CN(C3CCC(C)(O)CC3)C4=O)CC2)C[C@@H]1C. The Morgan fingerprint density at radius 2 is 1.66 bits per heavy atom. The average Bonchev–Trinajstić information content (AvgIpc) is 4.02. The lowest BCUT2D eigenvalue weighted by molar-refractivity contribution is -0.111. The molecule has 6 aliphatic rings. The summed E-state index contributed by atoms with van der Waals surface area (Å²) in [4.78, 5) is 75.0. The van der Waals surface area contributed by atoms with Crippen LogP contribution < -0.4 is 30.9 Å². The predicted octanol–water partition coefficient (Wildman–Crippen LogP) is 6.62. The van der Waals surface area contributed by atoms with Crippen molar-refractivity contribution in [2.75, 3.05) is 64.6 Å². The highest BCUT2D eigenvalue weighted by atomic mass is 16.3. The zero-order chi connectivity index (χ0) is 51.8. The van der Waals surface area contributed by atoms with E-state index >= 15 is 0 Å². The van der Waals surface area contributed by atoms with Crippen LogP contribution in [0.3, 0.4) is 0 Å². The number of carbonyl (C=O) groups is 3. The van der Waals surface area contributed by atoms with Crippen LogP contribution in [0.25, 0.3) is 11.3 Å². The fraction of sp³-hybridized carbons (Fsp3) is 0.474. The molecular formula is C57H69N11O6. The number of aromatic nitrogens is 4. The van der Waals surface area contributed by atoms with Gasteiger partial charge in [0.25, 0.3) is 17.4 Å². The first-order valence-corrected chi connectivity index (χ1v) is 26.4. The Bertz CT molecular complexity index is 3120. The van der Waals surface area contributed by atoms with Gasteiger partial charge < -0.3 is 44.7 Å². The zero-order valence-corrected chi connectivity index (χ0v) is 43.4. The highest BCUT2D eigenvalue weighted by molar-refractivity contribution is 6.06. The molecule has 7 heterocycles. The molecule has 5 aromatic rings. The van der Waals surface area contributed by atoms with Crippen molar-refractivity contribution in [2.45, 2.75) is 122 Å². The van der Waals surface area contributed by atoms with Crippen LogP contribution in [0, 0.1) is 5.41 Å². The van der Waals surface area contributed by atoms with Gasteiger partial charge in [-0.25, -0.2) is 9.97 Å². The third-order valence-corrected chi connectivity index (χ3v) is 16.9. The van der Waals surface area contributed by atoms with Crippen LogP contribution in [0.15, 0.2) is 78.4 Å². The van der Waals surface area contributed by atoms with Gasteiger partial charge in [-0.05, 0) is 125 Å². The molecule has 388 valence electrons. The average molecular weight is 1000 g/mol. The normalized spacial score (nSPS) is 23.0. The molecule has 1 saturated carbocycles. The summed E-state index contributed by atoms with van der Waals surface area (Å²) in [5, 5.41) is 27.7. The number of amides is 3. The Kier molecular flexibility index (Phi) is 12.8. The minimum absolute atomic E-state index is 0.0425. The van der Waals surface area contributed by atoms with Gasteiger partial charge in [0.2, 0.25) is 5.91 Å². The molecule has 4 N–H and O–H groups in total. The summed E-state index contributed by atoms with van der Waals surface area (Å²) in [6, 6.07) is 16.3. The quantitative estimate of drug-likeness (QED) is 0.104. The van der Waals surface area contributed by atoms with E-state index in [0.29, 0.717) is 78.2 Å². The molecule has 2 aliphatic carbocycles. The second-order valence-corrected chi connectivity index (χ2v) is 22.6. The Hall–Kier alpha value is -6.82. The molecule has 2 saturated heterocycles. The van der Waals surface area contributed by atoms with Gasteiger partial charge in [0.15, 0.2) is 5.82 Å². The number of rotatable bonds is 11. The largest absolute Gasteiger partial charge is 0.392 e. The third-order valence-electron chi connectivity index (χ3n) is 16.9. The Morgan fingerprint density at radius 3 is 2.41 bits per heavy atom. The van der Waals surface area contributed by atoms with Crippen LogP contribution in [0.5, 0.6) is 0 Å². The van der Waals surface area contributed by atoms with E-state index < -0.39 is 12.2 Å². The van der Waals surface area contributed by atoms with Crippen LogP contribution in [0.1, 0.15) is 109 Å². The van der Waals surface area contributed by atoms with E-state index in [4.69, 9.17) is 4.98 Å². The van der Waals surface area contributed by atoms with Crippen LogP contribution in [-0.2, 0) is 44.4 Å². The van der Waals surface area contributed by atoms with Gasteiger partial charge in [0.1, 0.15) is 11.5 Å². The maximum Gasteiger partial charge on any atom is 0.293 e. The molecule has 17 heteroatoms. The summed E-state index contributed by atoms with van der Waals surface area (Å²) in [5.74, 6) is -0.00774. The van der Waals surface area contributed by atoms with Crippen molar-refractivity contribution < 1.29 is 24.6 Å². The van der Waals surface area contributed by atoms with E-state index in [2.05, 4.69) is 68.3 Å². The van der Waals surface area contributed by atoms with E-state index in [1.807, 2.05) is 48.2 Å². The summed E-state index contributed by atoms with van der Waals surface area (Å²) >= 11 is 0. The molecule has 0 unspecified atom stereocenters. The molecule has 0 radical (unpaired) electrons. The van der Waals surface area contributed by atoms with Crippen molar-refractivity contribution in [1.29, 1.82) is 0 Å². The third kappa shape index (κ3) is 9.06. The monoisotopic (exact) mass is 1000 g/mol. The second kappa shape index (κ2) is 19.1. The van der Waals surface area contributed by atoms with E-state index in [9.17, 15) is 29.4 Å². The van der Waals surface area contributed by atoms with E-state index in [1.165, 1.54) is 27.6 Å². The summed E-state index contributed by atoms with van der Waals surface area (Å²) < 4.78 is 3.58. The predicted molar refractivity (Wildman–Crippen MR) is 287 cm³/mol. The van der Waals surface area contributed by atoms with E-state index in [1.54, 1.807) is 30.4 Å². The second-order valence-electron chi connectivity index (χ2n) is 22.6. The van der Waals surface area contributed by atoms with Gasteiger partial charge in [-0.15, -0.1) is 0 Å². The Morgan fingerprint density at radius 1 is 0.878 bits per heavy atom. The summed E-state index contributed by atoms with van der Waals surface area (Å²) in [7, 11) is 1.64. The summed E-state index contributed by atoms with van der Waals surface area (Å²) in [5.41, 5.74) is 8.66. The molecule has 74 heavy (non-hydrogen) atoms. The van der Waals surface area contributed by atoms with E-state index in [-0.39, 0.29) is 46.6 Å². The first-order valence-electron chi connectivity index (χ1n) is 26.4. The van der Waals surface area contributed by atoms with Crippen LogP contribution in [0.2, 0.25) is 0 Å². The highest BCUT2D eigenvalue weighted by Crippen LogP contribution is 2.42. The molecule has 0 bridgehead atoms. The van der Waals surface area contributed by atoms with Crippen molar-refractivity contribution in [3.8, 4) is 11.3 Å². The number of carbonyl (C=O) groups excluding carboxylic acids is 3. The molecule has 0 spiro atoms. The molecule has 2 aromatic carbocycles. The number of nitrogens with zero attached hydrogens (tertiary/aromatic N) is 9. The summed E-state index contributed by atoms with van der Waals surface area (Å²) in [6.45, 7) is 17.8. The number of hydrogen-bond acceptors (Lipinski definition) is 12. The number of pyridine rings is 1. The van der Waals surface area contributed by atoms with Crippen molar-refractivity contribution in [3.63, 3.8) is 0 Å². The topological polar surface area (TPSA) is 185 Å². The maximum absolute atomic E-state index is 14.1. The Labute approximate surface area is 432 Å². The highest BCUT2D eigenvalue weighted by Gasteiger charge is 2.41. The molecule has 3 fully saturated rings. The molecule has 3 aromatic heterocycles. The molecule has 3 amide bonds. The van der Waals surface area contributed by atoms with Crippen molar-refractivity contribution in [1.82, 2.24) is 28.9 Å². The lowest BCUT2D eigenvalue weighted by Crippen LogP contribution is -2.57. The number of piperazine rings is 1. The van der Waals surface area contributed by atoms with Crippen molar-refractivity contribution in [3.05, 3.63) is 118 Å². The Balaban J connectivity index is 0.770. The van der Waals surface area contributed by atoms with Gasteiger partial charge in [-0.3, -0.25) is 29.0 Å². The number of anilines is 6.